The molecule has 0 aliphatic carbocycles. The van der Waals surface area contributed by atoms with Gasteiger partial charge in [-0.25, -0.2) is 0 Å². The molecule has 1 saturated heterocycles. The number of carbonyl (C=O) groups excluding carboxylic acids is 2. The van der Waals surface area contributed by atoms with Crippen LogP contribution in [0.5, 0.6) is 5.75 Å². The van der Waals surface area contributed by atoms with Crippen LogP contribution < -0.4 is 9.64 Å². The van der Waals surface area contributed by atoms with Crippen molar-refractivity contribution in [2.75, 3.05) is 11.5 Å². The average Bonchev–Trinajstić information content (AvgIpc) is 3.37. The number of unbranched alkanes of at least 4 members (excludes halogenated alkanes) is 2. The Kier molecular flexibility index (Phi) is 6.82. The molecule has 1 N–H and O–H groups in total. The number of nitrogens with zero attached hydrogens (tertiary/aromatic N) is 2. The van der Waals surface area contributed by atoms with Crippen molar-refractivity contribution < 1.29 is 24.0 Å². The van der Waals surface area contributed by atoms with Crippen molar-refractivity contribution in [2.45, 2.75) is 46.1 Å². The summed E-state index contributed by atoms with van der Waals surface area (Å²) >= 11 is 0. The molecular weight excluding hydrogens is 432 g/mol. The number of hydrogen-bond donors (Lipinski definition) is 1. The predicted octanol–water partition coefficient (Wildman–Crippen LogP) is 5.49. The average molecular weight is 461 g/mol. The minimum atomic E-state index is -0.861. The van der Waals surface area contributed by atoms with Crippen LogP contribution in [0.15, 0.2) is 64.7 Å². The lowest BCUT2D eigenvalue weighted by molar-refractivity contribution is -0.132. The Labute approximate surface area is 198 Å². The summed E-state index contributed by atoms with van der Waals surface area (Å²) < 4.78 is 11.0. The fourth-order valence-corrected chi connectivity index (χ4v) is 4.01. The summed E-state index contributed by atoms with van der Waals surface area (Å²) in [4.78, 5) is 27.5. The molecule has 0 saturated carbocycles. The summed E-state index contributed by atoms with van der Waals surface area (Å²) in [5.74, 6) is -0.355. The van der Waals surface area contributed by atoms with Gasteiger partial charge in [-0.05, 0) is 38.0 Å². The van der Waals surface area contributed by atoms with Gasteiger partial charge in [0.2, 0.25) is 0 Å². The van der Waals surface area contributed by atoms with E-state index in [0.717, 1.165) is 24.8 Å². The molecule has 2 heterocycles. The number of anilines is 1. The lowest BCUT2D eigenvalue weighted by Gasteiger charge is -2.23. The summed E-state index contributed by atoms with van der Waals surface area (Å²) in [6.45, 7) is 6.40. The second-order valence-electron chi connectivity index (χ2n) is 8.46. The van der Waals surface area contributed by atoms with Gasteiger partial charge in [0.15, 0.2) is 5.82 Å². The number of amides is 1. The van der Waals surface area contributed by atoms with E-state index in [1.807, 2.05) is 19.1 Å². The second-order valence-corrected chi connectivity index (χ2v) is 8.46. The maximum Gasteiger partial charge on any atom is 0.301 e. The first-order valence-electron chi connectivity index (χ1n) is 11.4. The lowest BCUT2D eigenvalue weighted by Crippen LogP contribution is -2.29. The molecule has 34 heavy (non-hydrogen) atoms. The van der Waals surface area contributed by atoms with Crippen LogP contribution in [0.4, 0.5) is 5.82 Å². The van der Waals surface area contributed by atoms with Gasteiger partial charge in [-0.3, -0.25) is 14.5 Å². The molecule has 1 aliphatic rings. The Morgan fingerprint density at radius 3 is 2.38 bits per heavy atom. The molecule has 176 valence electrons. The molecule has 1 aromatic heterocycles. The van der Waals surface area contributed by atoms with Gasteiger partial charge >= 0.3 is 5.91 Å². The highest BCUT2D eigenvalue weighted by Gasteiger charge is 2.48. The van der Waals surface area contributed by atoms with Crippen LogP contribution >= 0.6 is 0 Å². The zero-order valence-corrected chi connectivity index (χ0v) is 19.6. The Hall–Kier alpha value is -3.87. The van der Waals surface area contributed by atoms with Crippen molar-refractivity contribution in [1.29, 1.82) is 0 Å². The smallest absolute Gasteiger partial charge is 0.301 e. The van der Waals surface area contributed by atoms with Crippen LogP contribution in [0, 0.1) is 13.8 Å². The number of hydrogen-bond acceptors (Lipinski definition) is 6. The normalized spacial score (nSPS) is 17.4. The zero-order chi connectivity index (χ0) is 24.2. The van der Waals surface area contributed by atoms with E-state index in [2.05, 4.69) is 12.1 Å². The monoisotopic (exact) mass is 460 g/mol. The van der Waals surface area contributed by atoms with Crippen LogP contribution in [0.3, 0.4) is 0 Å². The van der Waals surface area contributed by atoms with Crippen molar-refractivity contribution in [3.63, 3.8) is 0 Å². The van der Waals surface area contributed by atoms with E-state index in [9.17, 15) is 14.7 Å². The number of rotatable bonds is 8. The molecule has 1 unspecified atom stereocenters. The van der Waals surface area contributed by atoms with E-state index in [-0.39, 0.29) is 17.2 Å². The van der Waals surface area contributed by atoms with Gasteiger partial charge in [0.25, 0.3) is 5.78 Å². The van der Waals surface area contributed by atoms with Gasteiger partial charge in [0.1, 0.15) is 17.3 Å². The first kappa shape index (κ1) is 23.3. The van der Waals surface area contributed by atoms with Crippen molar-refractivity contribution in [1.82, 2.24) is 5.16 Å². The number of benzene rings is 2. The van der Waals surface area contributed by atoms with E-state index in [1.54, 1.807) is 49.4 Å². The number of carbonyl (C=O) groups is 2. The molecule has 4 rings (SSSR count). The number of Topliss-reactive ketones (excluding diaryl/α,β-unsaturated/α-hetero) is 1. The van der Waals surface area contributed by atoms with Crippen molar-refractivity contribution >= 4 is 23.3 Å². The highest BCUT2D eigenvalue weighted by atomic mass is 16.5. The van der Waals surface area contributed by atoms with E-state index in [4.69, 9.17) is 9.26 Å². The number of ether oxygens (including phenoxy) is 1. The Morgan fingerprint density at radius 1 is 1.06 bits per heavy atom. The third-order valence-electron chi connectivity index (χ3n) is 5.84. The molecule has 3 aromatic rings. The van der Waals surface area contributed by atoms with E-state index in [0.29, 0.717) is 29.2 Å². The van der Waals surface area contributed by atoms with E-state index in [1.165, 1.54) is 4.90 Å². The SMILES string of the molecule is CCCCCOc1ccc(C2/C(=C(\O)c3ccc(C)cc3)C(=O)C(=O)N2c2cc(C)on2)cc1. The van der Waals surface area contributed by atoms with Crippen LogP contribution in [0.25, 0.3) is 5.76 Å². The summed E-state index contributed by atoms with van der Waals surface area (Å²) in [6.07, 6.45) is 3.19. The molecule has 1 amide bonds. The van der Waals surface area contributed by atoms with Crippen LogP contribution in [0.1, 0.15) is 54.7 Å². The molecule has 1 fully saturated rings. The first-order chi connectivity index (χ1) is 16.4. The molecule has 0 bridgehead atoms. The quantitative estimate of drug-likeness (QED) is 0.207. The largest absolute Gasteiger partial charge is 0.507 e. The summed E-state index contributed by atoms with van der Waals surface area (Å²) in [5.41, 5.74) is 2.13. The molecule has 1 aliphatic heterocycles. The highest BCUT2D eigenvalue weighted by molar-refractivity contribution is 6.51. The summed E-state index contributed by atoms with van der Waals surface area (Å²) in [7, 11) is 0. The third kappa shape index (κ3) is 4.59. The zero-order valence-electron chi connectivity index (χ0n) is 19.6. The molecule has 1 atom stereocenters. The minimum Gasteiger partial charge on any atom is -0.507 e. The fourth-order valence-electron chi connectivity index (χ4n) is 4.01. The van der Waals surface area contributed by atoms with E-state index < -0.39 is 17.7 Å². The van der Waals surface area contributed by atoms with Crippen LogP contribution in [0.2, 0.25) is 0 Å². The number of ketones is 1. The van der Waals surface area contributed by atoms with Gasteiger partial charge < -0.3 is 14.4 Å². The minimum absolute atomic E-state index is 0.00567. The van der Waals surface area contributed by atoms with Crippen molar-refractivity contribution in [3.8, 4) is 5.75 Å². The van der Waals surface area contributed by atoms with E-state index >= 15 is 0 Å². The fraction of sp³-hybridized carbons (Fsp3) is 0.296. The van der Waals surface area contributed by atoms with Crippen molar-refractivity contribution in [2.24, 2.45) is 0 Å². The van der Waals surface area contributed by atoms with Gasteiger partial charge in [-0.1, -0.05) is 66.9 Å². The Balaban J connectivity index is 1.76. The highest BCUT2D eigenvalue weighted by Crippen LogP contribution is 2.42. The summed E-state index contributed by atoms with van der Waals surface area (Å²) in [6, 6.07) is 15.1. The summed E-state index contributed by atoms with van der Waals surface area (Å²) in [5, 5.41) is 15.1. The van der Waals surface area contributed by atoms with Crippen molar-refractivity contribution in [3.05, 3.63) is 82.6 Å². The number of aromatic nitrogens is 1. The topological polar surface area (TPSA) is 92.9 Å². The molecule has 0 spiro atoms. The van der Waals surface area contributed by atoms with Crippen LogP contribution in [-0.4, -0.2) is 28.6 Å². The Bertz CT molecular complexity index is 1210. The Morgan fingerprint density at radius 2 is 1.76 bits per heavy atom. The molecule has 2 aromatic carbocycles. The maximum atomic E-state index is 13.1. The first-order valence-corrected chi connectivity index (χ1v) is 11.4. The predicted molar refractivity (Wildman–Crippen MR) is 129 cm³/mol. The van der Waals surface area contributed by atoms with Gasteiger partial charge in [0.05, 0.1) is 18.2 Å². The molecule has 0 radical (unpaired) electrons. The molecule has 7 heteroatoms. The second kappa shape index (κ2) is 9.95. The number of aliphatic hydroxyl groups is 1. The van der Waals surface area contributed by atoms with Gasteiger partial charge in [-0.2, -0.15) is 0 Å². The van der Waals surface area contributed by atoms with Gasteiger partial charge in [0, 0.05) is 11.6 Å². The lowest BCUT2D eigenvalue weighted by atomic mass is 9.95. The third-order valence-corrected chi connectivity index (χ3v) is 5.84. The van der Waals surface area contributed by atoms with Crippen LogP contribution in [-0.2, 0) is 9.59 Å². The molecular formula is C27H28N2O5. The molecule has 7 nitrogen and oxygen atoms in total. The number of aliphatic hydroxyl groups excluding tert-OH is 1. The maximum absolute atomic E-state index is 13.1. The number of aryl methyl sites for hydroxylation is 2. The van der Waals surface area contributed by atoms with Gasteiger partial charge in [-0.15, -0.1) is 0 Å². The standard InChI is InChI=1S/C27H28N2O5/c1-4-5-6-15-33-21-13-11-19(12-14-21)24-23(25(30)20-9-7-17(2)8-10-20)26(31)27(32)29(24)22-16-18(3)34-28-22/h7-14,16,24,30H,4-6,15H2,1-3H3/b25-23+.